The van der Waals surface area contributed by atoms with E-state index in [1.54, 1.807) is 12.1 Å². The predicted octanol–water partition coefficient (Wildman–Crippen LogP) is 1.06. The Hall–Kier alpha value is -1.31. The van der Waals surface area contributed by atoms with Crippen molar-refractivity contribution in [3.63, 3.8) is 0 Å². The van der Waals surface area contributed by atoms with Gasteiger partial charge in [0.05, 0.1) is 6.54 Å². The second-order valence-corrected chi connectivity index (χ2v) is 5.36. The van der Waals surface area contributed by atoms with Crippen LogP contribution in [0, 0.1) is 0 Å². The van der Waals surface area contributed by atoms with Gasteiger partial charge < -0.3 is 14.6 Å². The third kappa shape index (κ3) is 2.87. The first-order valence-corrected chi connectivity index (χ1v) is 6.50. The fourth-order valence-electron chi connectivity index (χ4n) is 1.54. The van der Waals surface area contributed by atoms with Crippen LogP contribution in [0.5, 0.6) is 11.5 Å². The van der Waals surface area contributed by atoms with Crippen LogP contribution in [-0.2, 0) is 10.2 Å². The Kier molecular flexibility index (Phi) is 3.23. The second-order valence-electron chi connectivity index (χ2n) is 3.78. The highest BCUT2D eigenvalue weighted by molar-refractivity contribution is 7.90. The van der Waals surface area contributed by atoms with E-state index in [0.717, 1.165) is 4.31 Å². The lowest BCUT2D eigenvalue weighted by molar-refractivity contribution is 0.0800. The minimum atomic E-state index is -3.93. The minimum Gasteiger partial charge on any atom is -0.550 e. The molecule has 0 aliphatic carbocycles. The van der Waals surface area contributed by atoms with Crippen molar-refractivity contribution in [2.75, 3.05) is 20.2 Å². The van der Waals surface area contributed by atoms with E-state index >= 15 is 0 Å². The van der Waals surface area contributed by atoms with Crippen LogP contribution < -0.4 is 9.47 Å². The van der Waals surface area contributed by atoms with Gasteiger partial charge in [-0.05, 0) is 12.1 Å². The maximum atomic E-state index is 10.9. The number of fused-ring (bicyclic) bond motifs is 1. The molecule has 1 heterocycles. The van der Waals surface area contributed by atoms with Crippen LogP contribution in [0.25, 0.3) is 5.14 Å². The molecule has 0 saturated heterocycles. The number of rotatable bonds is 3. The number of hydrogen-bond acceptors (Lipinski definition) is 4. The normalized spacial score (nSPS) is 19.4. The second kappa shape index (κ2) is 4.52. The smallest absolute Gasteiger partial charge is 0.161 e. The molecule has 0 spiro atoms. The molecule has 0 aromatic heterocycles. The van der Waals surface area contributed by atoms with E-state index in [9.17, 15) is 8.42 Å². The Labute approximate surface area is 100 Å². The van der Waals surface area contributed by atoms with E-state index in [4.69, 9.17) is 14.6 Å². The van der Waals surface area contributed by atoms with Crippen molar-refractivity contribution in [3.8, 4) is 11.5 Å². The van der Waals surface area contributed by atoms with Gasteiger partial charge in [-0.25, -0.2) is 12.7 Å². The zero-order valence-electron chi connectivity index (χ0n) is 9.29. The Morgan fingerprint density at radius 3 is 2.71 bits per heavy atom. The molecule has 7 heteroatoms. The van der Waals surface area contributed by atoms with Gasteiger partial charge in [-0.2, -0.15) is 0 Å². The first-order valence-electron chi connectivity index (χ1n) is 5.06. The molecule has 6 nitrogen and oxygen atoms in total. The zero-order chi connectivity index (χ0) is 12.5. The van der Waals surface area contributed by atoms with Gasteiger partial charge in [-0.1, -0.05) is 12.1 Å². The molecule has 1 aliphatic heterocycles. The van der Waals surface area contributed by atoms with Crippen molar-refractivity contribution < 1.29 is 17.9 Å². The number of para-hydroxylation sites is 2. The van der Waals surface area contributed by atoms with E-state index in [1.807, 2.05) is 12.1 Å². The molecule has 0 saturated carbocycles. The minimum absolute atomic E-state index is 0.0974. The molecule has 1 aromatic rings. The summed E-state index contributed by atoms with van der Waals surface area (Å²) in [5, 5.41) is 6.90. The molecular weight excluding hydrogens is 244 g/mol. The number of benzene rings is 1. The van der Waals surface area contributed by atoms with Crippen LogP contribution >= 0.6 is 0 Å². The van der Waals surface area contributed by atoms with Gasteiger partial charge in [0.1, 0.15) is 22.9 Å². The van der Waals surface area contributed by atoms with Gasteiger partial charge in [0.2, 0.25) is 0 Å². The maximum Gasteiger partial charge on any atom is 0.161 e. The average molecular weight is 257 g/mol. The fourth-order valence-corrected chi connectivity index (χ4v) is 1.90. The number of hydrogen-bond donors (Lipinski definition) is 0. The topological polar surface area (TPSA) is 79.6 Å². The Balaban J connectivity index is 2.04. The standard InChI is InChI=1S/C10H13N2O4S/c1-12(17(11,13)14)6-8-7-15-9-4-2-3-5-10(9)16-8/h2-5,8H,6-7H2,1H3,(H-,11,13,14)/q-1. The van der Waals surface area contributed by atoms with Gasteiger partial charge in [-0.15, -0.1) is 0 Å². The van der Waals surface area contributed by atoms with Gasteiger partial charge in [0.25, 0.3) is 0 Å². The summed E-state index contributed by atoms with van der Waals surface area (Å²) in [7, 11) is -2.59. The lowest BCUT2D eigenvalue weighted by Crippen LogP contribution is -2.40. The lowest BCUT2D eigenvalue weighted by Gasteiger charge is -2.30. The van der Waals surface area contributed by atoms with Gasteiger partial charge >= 0.3 is 0 Å². The molecule has 0 radical (unpaired) electrons. The number of likely N-dealkylation sites (N-methyl/N-ethyl adjacent to an activating group) is 1. The fraction of sp³-hybridized carbons (Fsp3) is 0.400. The maximum absolute atomic E-state index is 10.9. The van der Waals surface area contributed by atoms with Crippen molar-refractivity contribution in [1.82, 2.24) is 4.31 Å². The molecule has 0 fully saturated rings. The summed E-state index contributed by atoms with van der Waals surface area (Å²) in [4.78, 5) is 0. The number of ether oxygens (including phenoxy) is 2. The Bertz CT molecular complexity index is 503. The largest absolute Gasteiger partial charge is 0.550 e. The summed E-state index contributed by atoms with van der Waals surface area (Å²) in [5.74, 6) is 1.25. The monoisotopic (exact) mass is 257 g/mol. The first kappa shape index (κ1) is 12.2. The summed E-state index contributed by atoms with van der Waals surface area (Å²) in [5.41, 5.74) is 0. The molecule has 0 amide bonds. The first-order chi connectivity index (χ1) is 7.97. The summed E-state index contributed by atoms with van der Waals surface area (Å²) < 4.78 is 33.8. The summed E-state index contributed by atoms with van der Waals surface area (Å²) >= 11 is 0. The van der Waals surface area contributed by atoms with Crippen molar-refractivity contribution in [2.24, 2.45) is 0 Å². The van der Waals surface area contributed by atoms with Gasteiger partial charge in [0.15, 0.2) is 11.5 Å². The SMILES string of the molecule is CN(CC1COc2ccccc2O1)S([NH-])(=O)=O. The molecule has 1 aromatic carbocycles. The molecule has 1 aliphatic rings. The predicted molar refractivity (Wildman–Crippen MR) is 62.2 cm³/mol. The van der Waals surface area contributed by atoms with E-state index in [2.05, 4.69) is 0 Å². The molecular formula is C10H13N2O4S-. The van der Waals surface area contributed by atoms with Crippen molar-refractivity contribution in [2.45, 2.75) is 6.10 Å². The summed E-state index contributed by atoms with van der Waals surface area (Å²) in [6.07, 6.45) is -0.393. The molecule has 17 heavy (non-hydrogen) atoms. The molecule has 2 rings (SSSR count). The Morgan fingerprint density at radius 2 is 2.06 bits per heavy atom. The third-order valence-electron chi connectivity index (χ3n) is 2.44. The van der Waals surface area contributed by atoms with E-state index in [0.29, 0.717) is 11.5 Å². The molecule has 1 unspecified atom stereocenters. The van der Waals surface area contributed by atoms with Crippen LogP contribution in [0.1, 0.15) is 0 Å². The van der Waals surface area contributed by atoms with Crippen LogP contribution in [-0.4, -0.2) is 39.0 Å². The lowest BCUT2D eigenvalue weighted by atomic mass is 10.2. The van der Waals surface area contributed by atoms with Crippen molar-refractivity contribution >= 4 is 10.2 Å². The third-order valence-corrected chi connectivity index (χ3v) is 3.41. The van der Waals surface area contributed by atoms with Crippen LogP contribution in [0.4, 0.5) is 0 Å². The van der Waals surface area contributed by atoms with Gasteiger partial charge in [-0.3, -0.25) is 0 Å². The number of nitrogens with zero attached hydrogens (tertiary/aromatic N) is 1. The highest BCUT2D eigenvalue weighted by atomic mass is 32.2. The van der Waals surface area contributed by atoms with Crippen LogP contribution in [0.2, 0.25) is 0 Å². The molecule has 94 valence electrons. The Morgan fingerprint density at radius 1 is 1.41 bits per heavy atom. The molecule has 1 N–H and O–H groups in total. The molecule has 1 atom stereocenters. The van der Waals surface area contributed by atoms with E-state index < -0.39 is 16.3 Å². The quantitative estimate of drug-likeness (QED) is 0.810. The summed E-state index contributed by atoms with van der Waals surface area (Å²) in [6, 6.07) is 7.20. The van der Waals surface area contributed by atoms with Crippen molar-refractivity contribution in [3.05, 3.63) is 29.4 Å². The van der Waals surface area contributed by atoms with E-state index in [-0.39, 0.29) is 13.2 Å². The average Bonchev–Trinajstić information content (AvgIpc) is 2.27. The summed E-state index contributed by atoms with van der Waals surface area (Å²) in [6.45, 7) is 0.372. The van der Waals surface area contributed by atoms with Gasteiger partial charge in [0, 0.05) is 7.05 Å². The molecule has 0 bridgehead atoms. The van der Waals surface area contributed by atoms with Crippen LogP contribution in [0.3, 0.4) is 0 Å². The van der Waals surface area contributed by atoms with E-state index in [1.165, 1.54) is 7.05 Å². The van der Waals surface area contributed by atoms with Crippen LogP contribution in [0.15, 0.2) is 24.3 Å². The van der Waals surface area contributed by atoms with Crippen molar-refractivity contribution in [1.29, 1.82) is 0 Å². The number of nitrogens with one attached hydrogen (secondary N) is 1. The highest BCUT2D eigenvalue weighted by Crippen LogP contribution is 2.31. The highest BCUT2D eigenvalue weighted by Gasteiger charge is 2.23. The zero-order valence-corrected chi connectivity index (χ0v) is 10.1.